The Morgan fingerprint density at radius 3 is 2.58 bits per heavy atom. The van der Waals surface area contributed by atoms with E-state index in [1.165, 1.54) is 5.56 Å². The fraction of sp³-hybridized carbons (Fsp3) is 0.533. The van der Waals surface area contributed by atoms with Crippen molar-refractivity contribution in [3.8, 4) is 0 Å². The number of hydrogen-bond donors (Lipinski definition) is 2. The highest BCUT2D eigenvalue weighted by Gasteiger charge is 2.22. The van der Waals surface area contributed by atoms with E-state index in [2.05, 4.69) is 31.3 Å². The minimum Gasteiger partial charge on any atom is -0.385 e. The highest BCUT2D eigenvalue weighted by molar-refractivity contribution is 5.81. The van der Waals surface area contributed by atoms with E-state index in [4.69, 9.17) is 10.5 Å². The highest BCUT2D eigenvalue weighted by atomic mass is 16.5. The van der Waals surface area contributed by atoms with Gasteiger partial charge in [-0.15, -0.1) is 0 Å². The van der Waals surface area contributed by atoms with Crippen LogP contribution in [0.1, 0.15) is 25.8 Å². The molecule has 1 amide bonds. The molecule has 1 unspecified atom stereocenters. The number of benzene rings is 1. The van der Waals surface area contributed by atoms with Gasteiger partial charge >= 0.3 is 0 Å². The van der Waals surface area contributed by atoms with Crippen LogP contribution in [0.2, 0.25) is 0 Å². The molecule has 0 spiro atoms. The van der Waals surface area contributed by atoms with Crippen molar-refractivity contribution in [3.63, 3.8) is 0 Å². The van der Waals surface area contributed by atoms with Crippen LogP contribution in [0.4, 0.5) is 0 Å². The topological polar surface area (TPSA) is 64.3 Å². The summed E-state index contributed by atoms with van der Waals surface area (Å²) in [6.07, 6.45) is 0.536. The third-order valence-corrected chi connectivity index (χ3v) is 3.23. The third kappa shape index (κ3) is 5.01. The van der Waals surface area contributed by atoms with Crippen molar-refractivity contribution >= 4 is 5.91 Å². The number of rotatable bonds is 7. The molecule has 4 heteroatoms. The van der Waals surface area contributed by atoms with Crippen molar-refractivity contribution in [2.24, 2.45) is 5.73 Å². The van der Waals surface area contributed by atoms with Gasteiger partial charge in [-0.1, -0.05) is 44.2 Å². The minimum absolute atomic E-state index is 0.113. The lowest BCUT2D eigenvalue weighted by atomic mass is 9.84. The second-order valence-electron chi connectivity index (χ2n) is 5.36. The van der Waals surface area contributed by atoms with Crippen LogP contribution in [0.5, 0.6) is 0 Å². The van der Waals surface area contributed by atoms with E-state index in [0.29, 0.717) is 19.6 Å². The molecule has 1 rings (SSSR count). The normalized spacial score (nSPS) is 13.1. The van der Waals surface area contributed by atoms with Crippen LogP contribution in [0.3, 0.4) is 0 Å². The molecule has 4 nitrogen and oxygen atoms in total. The third-order valence-electron chi connectivity index (χ3n) is 3.23. The van der Waals surface area contributed by atoms with E-state index in [1.807, 2.05) is 18.2 Å². The van der Waals surface area contributed by atoms with Crippen molar-refractivity contribution in [2.45, 2.75) is 31.7 Å². The number of amides is 1. The van der Waals surface area contributed by atoms with E-state index in [0.717, 1.165) is 0 Å². The SMILES string of the molecule is COCCC(N)C(=O)NCC(C)(C)c1ccccc1. The smallest absolute Gasteiger partial charge is 0.237 e. The van der Waals surface area contributed by atoms with Crippen LogP contribution in [0, 0.1) is 0 Å². The van der Waals surface area contributed by atoms with Crippen LogP contribution in [-0.4, -0.2) is 32.2 Å². The van der Waals surface area contributed by atoms with Gasteiger partial charge in [-0.3, -0.25) is 4.79 Å². The summed E-state index contributed by atoms with van der Waals surface area (Å²) in [5.74, 6) is -0.124. The van der Waals surface area contributed by atoms with Gasteiger partial charge in [-0.2, -0.15) is 0 Å². The standard InChI is InChI=1S/C15H24N2O2/c1-15(2,12-7-5-4-6-8-12)11-17-14(18)13(16)9-10-19-3/h4-8,13H,9-11,16H2,1-3H3,(H,17,18). The molecule has 1 aromatic rings. The van der Waals surface area contributed by atoms with Crippen LogP contribution < -0.4 is 11.1 Å². The van der Waals surface area contributed by atoms with Crippen LogP contribution in [0.15, 0.2) is 30.3 Å². The zero-order valence-corrected chi connectivity index (χ0v) is 12.0. The number of hydrogen-bond acceptors (Lipinski definition) is 3. The Labute approximate surface area is 115 Å². The summed E-state index contributed by atoms with van der Waals surface area (Å²) in [4.78, 5) is 11.8. The van der Waals surface area contributed by atoms with Crippen LogP contribution >= 0.6 is 0 Å². The van der Waals surface area contributed by atoms with Crippen LogP contribution in [-0.2, 0) is 14.9 Å². The lowest BCUT2D eigenvalue weighted by Crippen LogP contribution is -2.45. The summed E-state index contributed by atoms with van der Waals surface area (Å²) in [6.45, 7) is 5.26. The number of carbonyl (C=O) groups is 1. The summed E-state index contributed by atoms with van der Waals surface area (Å²) >= 11 is 0. The number of nitrogens with two attached hydrogens (primary N) is 1. The molecule has 19 heavy (non-hydrogen) atoms. The van der Waals surface area contributed by atoms with E-state index < -0.39 is 6.04 Å². The molecule has 0 fully saturated rings. The molecule has 0 bridgehead atoms. The Kier molecular flexibility index (Phi) is 5.99. The highest BCUT2D eigenvalue weighted by Crippen LogP contribution is 2.21. The Hall–Kier alpha value is -1.39. The molecule has 0 saturated carbocycles. The number of nitrogens with one attached hydrogen (secondary N) is 1. The lowest BCUT2D eigenvalue weighted by Gasteiger charge is -2.26. The first-order chi connectivity index (χ1) is 8.97. The van der Waals surface area contributed by atoms with Gasteiger partial charge in [0.25, 0.3) is 0 Å². The summed E-state index contributed by atoms with van der Waals surface area (Å²) < 4.78 is 4.92. The maximum absolute atomic E-state index is 11.8. The predicted molar refractivity (Wildman–Crippen MR) is 76.9 cm³/mol. The zero-order valence-electron chi connectivity index (χ0n) is 12.0. The second-order valence-corrected chi connectivity index (χ2v) is 5.36. The van der Waals surface area contributed by atoms with Gasteiger partial charge in [0.1, 0.15) is 0 Å². The maximum Gasteiger partial charge on any atom is 0.237 e. The molecule has 0 aliphatic heterocycles. The van der Waals surface area contributed by atoms with E-state index >= 15 is 0 Å². The van der Waals surface area contributed by atoms with Gasteiger partial charge in [-0.25, -0.2) is 0 Å². The molecule has 106 valence electrons. The Morgan fingerprint density at radius 2 is 2.00 bits per heavy atom. The molecule has 0 saturated heterocycles. The Morgan fingerprint density at radius 1 is 1.37 bits per heavy atom. The van der Waals surface area contributed by atoms with E-state index in [1.54, 1.807) is 7.11 Å². The van der Waals surface area contributed by atoms with Crippen LogP contribution in [0.25, 0.3) is 0 Å². The molecule has 1 atom stereocenters. The molecule has 3 N–H and O–H groups in total. The molecule has 1 aromatic carbocycles. The van der Waals surface area contributed by atoms with Crippen molar-refractivity contribution in [2.75, 3.05) is 20.3 Å². The molecule has 0 aliphatic rings. The van der Waals surface area contributed by atoms with Crippen molar-refractivity contribution in [1.29, 1.82) is 0 Å². The van der Waals surface area contributed by atoms with Crippen molar-refractivity contribution in [1.82, 2.24) is 5.32 Å². The Balaban J connectivity index is 2.49. The van der Waals surface area contributed by atoms with Gasteiger partial charge < -0.3 is 15.8 Å². The maximum atomic E-state index is 11.8. The molecular formula is C15H24N2O2. The summed E-state index contributed by atoms with van der Waals surface area (Å²) in [5, 5.41) is 2.91. The van der Waals surface area contributed by atoms with Gasteiger partial charge in [0.2, 0.25) is 5.91 Å². The molecular weight excluding hydrogens is 240 g/mol. The zero-order chi connectivity index (χ0) is 14.3. The quantitative estimate of drug-likeness (QED) is 0.783. The minimum atomic E-state index is -0.508. The Bertz CT molecular complexity index is 390. The number of carbonyl (C=O) groups excluding carboxylic acids is 1. The summed E-state index contributed by atoms with van der Waals surface area (Å²) in [7, 11) is 1.60. The van der Waals surface area contributed by atoms with Gasteiger partial charge in [0.15, 0.2) is 0 Å². The van der Waals surface area contributed by atoms with Gasteiger partial charge in [-0.05, 0) is 12.0 Å². The van der Waals surface area contributed by atoms with Gasteiger partial charge in [0.05, 0.1) is 6.04 Å². The van der Waals surface area contributed by atoms with Crippen molar-refractivity contribution in [3.05, 3.63) is 35.9 Å². The summed E-state index contributed by atoms with van der Waals surface area (Å²) in [6, 6.07) is 9.62. The number of methoxy groups -OCH3 is 1. The first-order valence-corrected chi connectivity index (χ1v) is 6.55. The van der Waals surface area contributed by atoms with Gasteiger partial charge in [0, 0.05) is 25.7 Å². The number of ether oxygens (including phenoxy) is 1. The van der Waals surface area contributed by atoms with Crippen molar-refractivity contribution < 1.29 is 9.53 Å². The first kappa shape index (κ1) is 15.7. The molecule has 0 radical (unpaired) electrons. The second kappa shape index (κ2) is 7.26. The molecule has 0 aromatic heterocycles. The average molecular weight is 264 g/mol. The van der Waals surface area contributed by atoms with E-state index in [9.17, 15) is 4.79 Å². The molecule has 0 aliphatic carbocycles. The summed E-state index contributed by atoms with van der Waals surface area (Å²) in [5.41, 5.74) is 6.86. The fourth-order valence-electron chi connectivity index (χ4n) is 1.81. The van der Waals surface area contributed by atoms with E-state index in [-0.39, 0.29) is 11.3 Å². The fourth-order valence-corrected chi connectivity index (χ4v) is 1.81. The predicted octanol–water partition coefficient (Wildman–Crippen LogP) is 1.44. The average Bonchev–Trinajstić information content (AvgIpc) is 2.43. The monoisotopic (exact) mass is 264 g/mol. The lowest BCUT2D eigenvalue weighted by molar-refractivity contribution is -0.123. The largest absolute Gasteiger partial charge is 0.385 e. The molecule has 0 heterocycles. The first-order valence-electron chi connectivity index (χ1n) is 6.55.